The number of rotatable bonds is 1. The average Bonchev–Trinajstić information content (AvgIpc) is 2.52. The molecule has 0 aromatic carbocycles. The second-order valence-corrected chi connectivity index (χ2v) is 5.26. The molecule has 1 nitrogen and oxygen atoms in total. The van der Waals surface area contributed by atoms with Crippen LogP contribution in [-0.4, -0.2) is 5.78 Å². The summed E-state index contributed by atoms with van der Waals surface area (Å²) in [6.45, 7) is 8.46. The van der Waals surface area contributed by atoms with Gasteiger partial charge in [0.25, 0.3) is 0 Å². The molecule has 1 heteroatoms. The van der Waals surface area contributed by atoms with Crippen LogP contribution in [0.15, 0.2) is 11.6 Å². The first-order valence-electron chi connectivity index (χ1n) is 5.13. The summed E-state index contributed by atoms with van der Waals surface area (Å²) in [6.07, 6.45) is 3.43. The van der Waals surface area contributed by atoms with E-state index in [4.69, 9.17) is 0 Å². The molecule has 0 bridgehead atoms. The normalized spacial score (nSPS) is 40.6. The fourth-order valence-electron chi connectivity index (χ4n) is 2.89. The van der Waals surface area contributed by atoms with Crippen LogP contribution in [0.2, 0.25) is 0 Å². The van der Waals surface area contributed by atoms with Crippen molar-refractivity contribution in [3.8, 4) is 0 Å². The Morgan fingerprint density at radius 1 is 1.54 bits per heavy atom. The highest BCUT2D eigenvalue weighted by Crippen LogP contribution is 2.64. The molecule has 0 unspecified atom stereocenters. The minimum absolute atomic E-state index is 0.225. The summed E-state index contributed by atoms with van der Waals surface area (Å²) in [4.78, 5) is 11.3. The number of carbonyl (C=O) groups is 1. The third-order valence-corrected chi connectivity index (χ3v) is 4.11. The molecule has 72 valence electrons. The van der Waals surface area contributed by atoms with Crippen molar-refractivity contribution >= 4 is 5.78 Å². The zero-order chi connectivity index (χ0) is 9.80. The predicted octanol–water partition coefficient (Wildman–Crippen LogP) is 2.81. The third kappa shape index (κ3) is 1.17. The van der Waals surface area contributed by atoms with Gasteiger partial charge in [0.2, 0.25) is 0 Å². The largest absolute Gasteiger partial charge is 0.299 e. The molecule has 0 aromatic rings. The first-order chi connectivity index (χ1) is 5.94. The average molecular weight is 178 g/mol. The second kappa shape index (κ2) is 2.46. The smallest absolute Gasteiger partial charge is 0.136 e. The number of hydrogen-bond acceptors (Lipinski definition) is 1. The summed E-state index contributed by atoms with van der Waals surface area (Å²) in [6, 6.07) is 0. The van der Waals surface area contributed by atoms with E-state index in [1.54, 1.807) is 6.92 Å². The van der Waals surface area contributed by atoms with Gasteiger partial charge in [-0.3, -0.25) is 4.79 Å². The predicted molar refractivity (Wildman–Crippen MR) is 53.3 cm³/mol. The molecular formula is C12H18O. The Kier molecular flexibility index (Phi) is 1.70. The molecule has 1 fully saturated rings. The Morgan fingerprint density at radius 3 is 2.69 bits per heavy atom. The highest BCUT2D eigenvalue weighted by atomic mass is 16.1. The summed E-state index contributed by atoms with van der Waals surface area (Å²) >= 11 is 0. The summed E-state index contributed by atoms with van der Waals surface area (Å²) in [7, 11) is 0. The maximum Gasteiger partial charge on any atom is 0.136 e. The summed E-state index contributed by atoms with van der Waals surface area (Å²) in [5.41, 5.74) is 1.77. The van der Waals surface area contributed by atoms with Crippen LogP contribution >= 0.6 is 0 Å². The molecule has 13 heavy (non-hydrogen) atoms. The maximum atomic E-state index is 11.3. The van der Waals surface area contributed by atoms with Crippen molar-refractivity contribution in [3.05, 3.63) is 11.6 Å². The van der Waals surface area contributed by atoms with E-state index in [1.807, 2.05) is 0 Å². The molecule has 0 radical (unpaired) electrons. The first kappa shape index (κ1) is 8.98. The second-order valence-electron chi connectivity index (χ2n) is 5.26. The Balaban J connectivity index is 2.21. The zero-order valence-electron chi connectivity index (χ0n) is 8.92. The summed E-state index contributed by atoms with van der Waals surface area (Å²) in [5, 5.41) is 0. The standard InChI is InChI=1S/C12H18O/c1-7-5-10-11(12(10,3)4)6-9(7)8(2)13/h5,9-11H,6H2,1-4H3/t9-,10+,11-/m1/s1. The molecule has 2 aliphatic rings. The monoisotopic (exact) mass is 178 g/mol. The minimum atomic E-state index is 0.225. The lowest BCUT2D eigenvalue weighted by Crippen LogP contribution is -2.16. The van der Waals surface area contributed by atoms with E-state index in [0.717, 1.165) is 18.3 Å². The van der Waals surface area contributed by atoms with Gasteiger partial charge in [0, 0.05) is 5.92 Å². The number of carbonyl (C=O) groups excluding carboxylic acids is 1. The molecule has 2 aliphatic carbocycles. The number of Topliss-reactive ketones (excluding diaryl/α,β-unsaturated/α-hetero) is 1. The SMILES string of the molecule is CC(=O)[C@@H]1C[C@@H]2[C@H](C=C1C)C2(C)C. The molecule has 2 rings (SSSR count). The number of allylic oxidation sites excluding steroid dienone is 2. The maximum absolute atomic E-state index is 11.3. The van der Waals surface area contributed by atoms with Crippen molar-refractivity contribution in [2.75, 3.05) is 0 Å². The van der Waals surface area contributed by atoms with Crippen LogP contribution in [0.3, 0.4) is 0 Å². The van der Waals surface area contributed by atoms with Crippen molar-refractivity contribution in [1.82, 2.24) is 0 Å². The topological polar surface area (TPSA) is 17.1 Å². The molecule has 0 N–H and O–H groups in total. The lowest BCUT2D eigenvalue weighted by Gasteiger charge is -2.18. The highest BCUT2D eigenvalue weighted by molar-refractivity contribution is 5.81. The van der Waals surface area contributed by atoms with Crippen molar-refractivity contribution in [1.29, 1.82) is 0 Å². The number of fused-ring (bicyclic) bond motifs is 1. The fraction of sp³-hybridized carbons (Fsp3) is 0.750. The molecule has 1 saturated carbocycles. The van der Waals surface area contributed by atoms with Crippen LogP contribution in [0.25, 0.3) is 0 Å². The van der Waals surface area contributed by atoms with Crippen molar-refractivity contribution in [2.45, 2.75) is 34.1 Å². The van der Waals surface area contributed by atoms with E-state index >= 15 is 0 Å². The van der Waals surface area contributed by atoms with E-state index < -0.39 is 0 Å². The van der Waals surface area contributed by atoms with Crippen LogP contribution < -0.4 is 0 Å². The van der Waals surface area contributed by atoms with Gasteiger partial charge in [-0.2, -0.15) is 0 Å². The van der Waals surface area contributed by atoms with Crippen molar-refractivity contribution in [2.24, 2.45) is 23.2 Å². The van der Waals surface area contributed by atoms with Gasteiger partial charge in [-0.15, -0.1) is 0 Å². The molecule has 0 aliphatic heterocycles. The number of ketones is 1. The van der Waals surface area contributed by atoms with Crippen molar-refractivity contribution in [3.63, 3.8) is 0 Å². The Morgan fingerprint density at radius 2 is 2.15 bits per heavy atom. The summed E-state index contributed by atoms with van der Waals surface area (Å²) in [5.74, 6) is 2.09. The Bertz CT molecular complexity index is 285. The van der Waals surface area contributed by atoms with Gasteiger partial charge in [0.1, 0.15) is 5.78 Å². The Hall–Kier alpha value is -0.590. The van der Waals surface area contributed by atoms with Crippen molar-refractivity contribution < 1.29 is 4.79 Å². The zero-order valence-corrected chi connectivity index (χ0v) is 8.92. The quantitative estimate of drug-likeness (QED) is 0.564. The molecule has 3 atom stereocenters. The summed E-state index contributed by atoms with van der Waals surface area (Å²) < 4.78 is 0. The van der Waals surface area contributed by atoms with Gasteiger partial charge in [-0.05, 0) is 37.5 Å². The van der Waals surface area contributed by atoms with Crippen LogP contribution in [0.1, 0.15) is 34.1 Å². The fourth-order valence-corrected chi connectivity index (χ4v) is 2.89. The molecule has 0 spiro atoms. The van der Waals surface area contributed by atoms with E-state index in [-0.39, 0.29) is 5.92 Å². The lowest BCUT2D eigenvalue weighted by molar-refractivity contribution is -0.120. The lowest BCUT2D eigenvalue weighted by atomic mass is 9.86. The van der Waals surface area contributed by atoms with Gasteiger partial charge in [0.05, 0.1) is 0 Å². The van der Waals surface area contributed by atoms with Gasteiger partial charge >= 0.3 is 0 Å². The van der Waals surface area contributed by atoms with E-state index in [0.29, 0.717) is 11.2 Å². The van der Waals surface area contributed by atoms with E-state index in [2.05, 4.69) is 26.8 Å². The van der Waals surface area contributed by atoms with Gasteiger partial charge < -0.3 is 0 Å². The Labute approximate surface area is 80.2 Å². The minimum Gasteiger partial charge on any atom is -0.299 e. The van der Waals surface area contributed by atoms with E-state index in [1.165, 1.54) is 5.57 Å². The first-order valence-corrected chi connectivity index (χ1v) is 5.13. The molecule has 0 heterocycles. The van der Waals surface area contributed by atoms with Gasteiger partial charge in [0.15, 0.2) is 0 Å². The van der Waals surface area contributed by atoms with Gasteiger partial charge in [-0.25, -0.2) is 0 Å². The number of hydrogen-bond donors (Lipinski definition) is 0. The molecule has 0 aromatic heterocycles. The van der Waals surface area contributed by atoms with Gasteiger partial charge in [-0.1, -0.05) is 25.5 Å². The van der Waals surface area contributed by atoms with Crippen LogP contribution in [0.5, 0.6) is 0 Å². The third-order valence-electron chi connectivity index (χ3n) is 4.11. The van der Waals surface area contributed by atoms with Crippen LogP contribution in [-0.2, 0) is 4.79 Å². The van der Waals surface area contributed by atoms with E-state index in [9.17, 15) is 4.79 Å². The highest BCUT2D eigenvalue weighted by Gasteiger charge is 2.58. The molecule has 0 amide bonds. The van der Waals surface area contributed by atoms with Crippen LogP contribution in [0, 0.1) is 23.2 Å². The molecular weight excluding hydrogens is 160 g/mol. The molecule has 0 saturated heterocycles. The van der Waals surface area contributed by atoms with Crippen LogP contribution in [0.4, 0.5) is 0 Å².